The highest BCUT2D eigenvalue weighted by Crippen LogP contribution is 2.36. The van der Waals surface area contributed by atoms with Gasteiger partial charge in [0.05, 0.1) is 6.04 Å². The fraction of sp³-hybridized carbons (Fsp3) is 0.429. The van der Waals surface area contributed by atoms with E-state index in [1.807, 2.05) is 0 Å². The average molecular weight is 436 g/mol. The van der Waals surface area contributed by atoms with E-state index >= 15 is 0 Å². The van der Waals surface area contributed by atoms with E-state index in [-0.39, 0.29) is 12.2 Å². The Hall–Kier alpha value is -3.17. The van der Waals surface area contributed by atoms with Gasteiger partial charge in [-0.15, -0.1) is 0 Å². The van der Waals surface area contributed by atoms with E-state index in [0.717, 1.165) is 6.20 Å². The smallest absolute Gasteiger partial charge is 0.444 e. The van der Waals surface area contributed by atoms with Crippen molar-refractivity contribution in [2.24, 2.45) is 0 Å². The minimum atomic E-state index is -4.76. The summed E-state index contributed by atoms with van der Waals surface area (Å²) in [5.41, 5.74) is 0.241. The largest absolute Gasteiger partial charge is 0.451 e. The van der Waals surface area contributed by atoms with Gasteiger partial charge in [-0.05, 0) is 33.3 Å². The normalized spacial score (nSPS) is 17.7. The molecule has 0 spiro atoms. The van der Waals surface area contributed by atoms with Gasteiger partial charge in [-0.1, -0.05) is 30.3 Å². The molecule has 0 unspecified atom stereocenters. The van der Waals surface area contributed by atoms with Crippen LogP contribution in [0.25, 0.3) is 0 Å². The molecule has 2 amide bonds. The summed E-state index contributed by atoms with van der Waals surface area (Å²) in [6.07, 6.45) is -4.56. The maximum atomic E-state index is 13.3. The Balaban J connectivity index is 2.01. The molecule has 1 aliphatic heterocycles. The number of alkyl carbamates (subject to hydrolysis) is 1. The first-order valence-electron chi connectivity index (χ1n) is 9.67. The summed E-state index contributed by atoms with van der Waals surface area (Å²) in [6.45, 7) is 6.73. The molecule has 31 heavy (non-hydrogen) atoms. The van der Waals surface area contributed by atoms with Gasteiger partial charge in [-0.25, -0.2) is 14.8 Å². The number of carbonyl (C=O) groups excluding carboxylic acids is 2. The fourth-order valence-electron chi connectivity index (χ4n) is 3.28. The van der Waals surface area contributed by atoms with Gasteiger partial charge in [0, 0.05) is 18.2 Å². The zero-order valence-electron chi connectivity index (χ0n) is 17.5. The predicted molar refractivity (Wildman–Crippen MR) is 106 cm³/mol. The number of anilines is 1. The molecule has 0 saturated heterocycles. The number of halogens is 3. The summed E-state index contributed by atoms with van der Waals surface area (Å²) in [6, 6.07) is 7.17. The molecule has 1 aliphatic rings. The highest BCUT2D eigenvalue weighted by molar-refractivity contribution is 6.01. The maximum Gasteiger partial charge on any atom is 0.451 e. The molecule has 166 valence electrons. The summed E-state index contributed by atoms with van der Waals surface area (Å²) in [4.78, 5) is 33.8. The molecule has 1 N–H and O–H groups in total. The monoisotopic (exact) mass is 436 g/mol. The van der Waals surface area contributed by atoms with Crippen LogP contribution in [-0.4, -0.2) is 33.6 Å². The van der Waals surface area contributed by atoms with Crippen LogP contribution in [0.15, 0.2) is 36.5 Å². The Kier molecular flexibility index (Phi) is 5.93. The van der Waals surface area contributed by atoms with Gasteiger partial charge in [0.1, 0.15) is 17.5 Å². The Morgan fingerprint density at radius 2 is 1.87 bits per heavy atom. The molecule has 10 heteroatoms. The van der Waals surface area contributed by atoms with Crippen molar-refractivity contribution in [3.8, 4) is 0 Å². The van der Waals surface area contributed by atoms with Crippen LogP contribution in [0.3, 0.4) is 0 Å². The number of amides is 2. The van der Waals surface area contributed by atoms with Crippen molar-refractivity contribution in [1.82, 2.24) is 15.3 Å². The number of nitrogens with zero attached hydrogens (tertiary/aromatic N) is 3. The second kappa shape index (κ2) is 8.16. The number of alkyl halides is 3. The van der Waals surface area contributed by atoms with Crippen LogP contribution in [0.5, 0.6) is 0 Å². The molecule has 1 aromatic heterocycles. The highest BCUT2D eigenvalue weighted by atomic mass is 19.4. The van der Waals surface area contributed by atoms with Crippen LogP contribution in [0.4, 0.5) is 23.8 Å². The number of benzene rings is 1. The SMILES string of the molecule is C[C@@H](c1ccccc1)N1C(=O)[C@H](NC(=O)OC(C)(C)C)Cc2cnc(C(F)(F)F)nc21. The van der Waals surface area contributed by atoms with E-state index in [1.165, 1.54) is 4.90 Å². The Morgan fingerprint density at radius 1 is 1.23 bits per heavy atom. The fourth-order valence-corrected chi connectivity index (χ4v) is 3.28. The molecule has 7 nitrogen and oxygen atoms in total. The maximum absolute atomic E-state index is 13.3. The number of aromatic nitrogens is 2. The lowest BCUT2D eigenvalue weighted by Crippen LogP contribution is -2.54. The lowest BCUT2D eigenvalue weighted by molar-refractivity contribution is -0.145. The molecular formula is C21H23F3N4O3. The van der Waals surface area contributed by atoms with Crippen LogP contribution in [-0.2, 0) is 22.1 Å². The zero-order chi connectivity index (χ0) is 23.0. The van der Waals surface area contributed by atoms with E-state index in [1.54, 1.807) is 58.0 Å². The summed E-state index contributed by atoms with van der Waals surface area (Å²) >= 11 is 0. The third-order valence-electron chi connectivity index (χ3n) is 4.64. The van der Waals surface area contributed by atoms with Crippen LogP contribution in [0.2, 0.25) is 0 Å². The van der Waals surface area contributed by atoms with Gasteiger partial charge < -0.3 is 10.1 Å². The van der Waals surface area contributed by atoms with Crippen molar-refractivity contribution in [3.63, 3.8) is 0 Å². The molecule has 0 aliphatic carbocycles. The molecule has 2 heterocycles. The van der Waals surface area contributed by atoms with E-state index in [4.69, 9.17) is 4.74 Å². The number of hydrogen-bond acceptors (Lipinski definition) is 5. The first-order valence-corrected chi connectivity index (χ1v) is 9.67. The van der Waals surface area contributed by atoms with Crippen molar-refractivity contribution in [2.45, 2.75) is 58.0 Å². The topological polar surface area (TPSA) is 84.4 Å². The molecule has 0 fully saturated rings. The van der Waals surface area contributed by atoms with Gasteiger partial charge in [-0.3, -0.25) is 9.69 Å². The van der Waals surface area contributed by atoms with Gasteiger partial charge in [0.2, 0.25) is 5.82 Å². The first kappa shape index (κ1) is 22.5. The molecule has 1 aromatic carbocycles. The van der Waals surface area contributed by atoms with E-state index in [0.29, 0.717) is 11.1 Å². The number of hydrogen-bond donors (Lipinski definition) is 1. The Labute approximate surface area is 177 Å². The van der Waals surface area contributed by atoms with E-state index in [2.05, 4.69) is 15.3 Å². The number of carbonyl (C=O) groups is 2. The zero-order valence-corrected chi connectivity index (χ0v) is 17.5. The molecule has 0 saturated carbocycles. The summed E-state index contributed by atoms with van der Waals surface area (Å²) in [5, 5.41) is 2.52. The highest BCUT2D eigenvalue weighted by Gasteiger charge is 2.42. The second-order valence-electron chi connectivity index (χ2n) is 8.24. The van der Waals surface area contributed by atoms with Gasteiger partial charge in [0.15, 0.2) is 0 Å². The average Bonchev–Trinajstić information content (AvgIpc) is 2.66. The Morgan fingerprint density at radius 3 is 2.45 bits per heavy atom. The number of fused-ring (bicyclic) bond motifs is 1. The van der Waals surface area contributed by atoms with E-state index in [9.17, 15) is 22.8 Å². The lowest BCUT2D eigenvalue weighted by Gasteiger charge is -2.37. The van der Waals surface area contributed by atoms with Crippen molar-refractivity contribution in [1.29, 1.82) is 0 Å². The van der Waals surface area contributed by atoms with Crippen molar-refractivity contribution in [2.75, 3.05) is 4.90 Å². The minimum absolute atomic E-state index is 0.0520. The number of ether oxygens (including phenoxy) is 1. The van der Waals surface area contributed by atoms with Crippen LogP contribution < -0.4 is 10.2 Å². The first-order chi connectivity index (χ1) is 14.4. The van der Waals surface area contributed by atoms with Crippen LogP contribution in [0, 0.1) is 0 Å². The summed E-state index contributed by atoms with van der Waals surface area (Å²) in [7, 11) is 0. The van der Waals surface area contributed by atoms with Crippen molar-refractivity contribution >= 4 is 17.8 Å². The molecular weight excluding hydrogens is 413 g/mol. The third-order valence-corrected chi connectivity index (χ3v) is 4.64. The predicted octanol–water partition coefficient (Wildman–Crippen LogP) is 4.04. The van der Waals surface area contributed by atoms with Crippen molar-refractivity contribution < 1.29 is 27.5 Å². The van der Waals surface area contributed by atoms with Crippen LogP contribution >= 0.6 is 0 Å². The standard InChI is InChI=1S/C21H23F3N4O3/c1-12(13-8-6-5-7-9-13)28-16-14(11-25-18(27-16)21(22,23)24)10-15(17(28)29)26-19(30)31-20(2,3)4/h5-9,11-12,15H,10H2,1-4H3,(H,26,30)/t12-,15+/m0/s1. The van der Waals surface area contributed by atoms with E-state index < -0.39 is 41.7 Å². The van der Waals surface area contributed by atoms with Crippen LogP contribution in [0.1, 0.15) is 50.7 Å². The number of nitrogens with one attached hydrogen (secondary N) is 1. The molecule has 0 radical (unpaired) electrons. The quantitative estimate of drug-likeness (QED) is 0.785. The number of rotatable bonds is 3. The van der Waals surface area contributed by atoms with Gasteiger partial charge in [-0.2, -0.15) is 13.2 Å². The Bertz CT molecular complexity index is 974. The lowest BCUT2D eigenvalue weighted by atomic mass is 9.97. The molecule has 2 atom stereocenters. The molecule has 2 aromatic rings. The second-order valence-corrected chi connectivity index (χ2v) is 8.24. The molecule has 0 bridgehead atoms. The minimum Gasteiger partial charge on any atom is -0.444 e. The summed E-state index contributed by atoms with van der Waals surface area (Å²) in [5.74, 6) is -2.03. The van der Waals surface area contributed by atoms with Gasteiger partial charge in [0.25, 0.3) is 5.91 Å². The third kappa shape index (κ3) is 5.12. The molecule has 3 rings (SSSR count). The van der Waals surface area contributed by atoms with Crippen molar-refractivity contribution in [3.05, 3.63) is 53.5 Å². The van der Waals surface area contributed by atoms with Gasteiger partial charge >= 0.3 is 12.3 Å². The summed E-state index contributed by atoms with van der Waals surface area (Å²) < 4.78 is 44.9.